The second-order valence-corrected chi connectivity index (χ2v) is 7.83. The Labute approximate surface area is 143 Å². The molecule has 0 bridgehead atoms. The zero-order valence-electron chi connectivity index (χ0n) is 14.8. The molecule has 3 heterocycles. The van der Waals surface area contributed by atoms with Crippen molar-refractivity contribution in [1.29, 1.82) is 0 Å². The Morgan fingerprint density at radius 1 is 1.38 bits per heavy atom. The molecule has 1 fully saturated rings. The number of aromatic nitrogens is 3. The Hall–Kier alpha value is -1.88. The predicted molar refractivity (Wildman–Crippen MR) is 93.2 cm³/mol. The number of hydrogen-bond acceptors (Lipinski definition) is 4. The minimum Gasteiger partial charge on any atom is -0.487 e. The van der Waals surface area contributed by atoms with E-state index >= 15 is 0 Å². The van der Waals surface area contributed by atoms with E-state index in [0.29, 0.717) is 5.92 Å². The molecule has 1 N–H and O–H groups in total. The van der Waals surface area contributed by atoms with Gasteiger partial charge in [0.15, 0.2) is 5.82 Å². The van der Waals surface area contributed by atoms with Crippen LogP contribution in [0.1, 0.15) is 55.4 Å². The summed E-state index contributed by atoms with van der Waals surface area (Å²) >= 11 is 0. The summed E-state index contributed by atoms with van der Waals surface area (Å²) in [7, 11) is 0. The van der Waals surface area contributed by atoms with E-state index in [1.807, 2.05) is 6.92 Å². The SMILES string of the molecule is Cc1nc(C2CCCN(Cc3ccc4c(c3)CC(C)(C)O4)C2)n[nH]1. The molecular weight excluding hydrogens is 300 g/mol. The van der Waals surface area contributed by atoms with E-state index in [4.69, 9.17) is 4.74 Å². The van der Waals surface area contributed by atoms with Crippen molar-refractivity contribution in [3.8, 4) is 5.75 Å². The van der Waals surface area contributed by atoms with Gasteiger partial charge >= 0.3 is 0 Å². The van der Waals surface area contributed by atoms with E-state index in [2.05, 4.69) is 52.1 Å². The summed E-state index contributed by atoms with van der Waals surface area (Å²) in [5.41, 5.74) is 2.65. The molecule has 0 radical (unpaired) electrons. The van der Waals surface area contributed by atoms with E-state index in [1.165, 1.54) is 24.0 Å². The molecule has 2 aromatic rings. The molecule has 0 spiro atoms. The van der Waals surface area contributed by atoms with Crippen LogP contribution in [0.3, 0.4) is 0 Å². The van der Waals surface area contributed by atoms with Crippen LogP contribution >= 0.6 is 0 Å². The Morgan fingerprint density at radius 2 is 2.25 bits per heavy atom. The number of ether oxygens (including phenoxy) is 1. The number of H-pyrrole nitrogens is 1. The molecule has 4 rings (SSSR count). The Balaban J connectivity index is 1.44. The fraction of sp³-hybridized carbons (Fsp3) is 0.579. The highest BCUT2D eigenvalue weighted by Crippen LogP contribution is 2.35. The van der Waals surface area contributed by atoms with E-state index < -0.39 is 0 Å². The van der Waals surface area contributed by atoms with Crippen LogP contribution in [0.5, 0.6) is 5.75 Å². The zero-order chi connectivity index (χ0) is 16.7. The molecule has 1 atom stereocenters. The minimum atomic E-state index is -0.0688. The molecule has 5 nitrogen and oxygen atoms in total. The molecule has 128 valence electrons. The Bertz CT molecular complexity index is 737. The lowest BCUT2D eigenvalue weighted by Crippen LogP contribution is -2.34. The first-order chi connectivity index (χ1) is 11.5. The molecule has 1 aromatic heterocycles. The molecule has 2 aliphatic heterocycles. The summed E-state index contributed by atoms with van der Waals surface area (Å²) < 4.78 is 5.98. The van der Waals surface area contributed by atoms with Gasteiger partial charge in [-0.2, -0.15) is 5.10 Å². The monoisotopic (exact) mass is 326 g/mol. The van der Waals surface area contributed by atoms with Crippen LogP contribution in [0, 0.1) is 6.92 Å². The maximum atomic E-state index is 5.98. The number of benzene rings is 1. The molecule has 0 amide bonds. The van der Waals surface area contributed by atoms with Gasteiger partial charge in [0.05, 0.1) is 0 Å². The lowest BCUT2D eigenvalue weighted by atomic mass is 9.96. The van der Waals surface area contributed by atoms with Crippen molar-refractivity contribution in [1.82, 2.24) is 20.1 Å². The molecule has 2 aliphatic rings. The van der Waals surface area contributed by atoms with Gasteiger partial charge in [-0.25, -0.2) is 4.98 Å². The van der Waals surface area contributed by atoms with Crippen LogP contribution < -0.4 is 4.74 Å². The molecule has 1 saturated heterocycles. The van der Waals surface area contributed by atoms with E-state index in [9.17, 15) is 0 Å². The first-order valence-electron chi connectivity index (χ1n) is 8.91. The number of likely N-dealkylation sites (tertiary alicyclic amines) is 1. The van der Waals surface area contributed by atoms with Gasteiger partial charge < -0.3 is 4.74 Å². The summed E-state index contributed by atoms with van der Waals surface area (Å²) in [4.78, 5) is 7.06. The number of fused-ring (bicyclic) bond motifs is 1. The highest BCUT2D eigenvalue weighted by molar-refractivity contribution is 5.41. The van der Waals surface area contributed by atoms with Crippen LogP contribution in [0.4, 0.5) is 0 Å². The molecule has 1 unspecified atom stereocenters. The molecule has 5 heteroatoms. The second kappa shape index (κ2) is 5.88. The van der Waals surface area contributed by atoms with Gasteiger partial charge in [-0.1, -0.05) is 12.1 Å². The molecule has 1 aromatic carbocycles. The van der Waals surface area contributed by atoms with E-state index in [0.717, 1.165) is 43.5 Å². The van der Waals surface area contributed by atoms with Gasteiger partial charge in [0.25, 0.3) is 0 Å². The van der Waals surface area contributed by atoms with Gasteiger partial charge in [-0.05, 0) is 57.4 Å². The number of nitrogens with one attached hydrogen (secondary N) is 1. The van der Waals surface area contributed by atoms with Crippen LogP contribution in [0.15, 0.2) is 18.2 Å². The first-order valence-corrected chi connectivity index (χ1v) is 8.91. The highest BCUT2D eigenvalue weighted by atomic mass is 16.5. The lowest BCUT2D eigenvalue weighted by Gasteiger charge is -2.31. The largest absolute Gasteiger partial charge is 0.487 e. The number of hydrogen-bond donors (Lipinski definition) is 1. The standard InChI is InChI=1S/C19H26N4O/c1-13-20-18(22-21-13)15-5-4-8-23(12-15)11-14-6-7-17-16(9-14)10-19(2,3)24-17/h6-7,9,15H,4-5,8,10-12H2,1-3H3,(H,20,21,22). The number of aryl methyl sites for hydroxylation is 1. The average molecular weight is 326 g/mol. The third kappa shape index (κ3) is 3.18. The topological polar surface area (TPSA) is 54.0 Å². The normalized spacial score (nSPS) is 23.0. The quantitative estimate of drug-likeness (QED) is 0.941. The van der Waals surface area contributed by atoms with E-state index in [-0.39, 0.29) is 5.60 Å². The predicted octanol–water partition coefficient (Wildman–Crippen LogP) is 3.21. The first kappa shape index (κ1) is 15.6. The second-order valence-electron chi connectivity index (χ2n) is 7.83. The summed E-state index contributed by atoms with van der Waals surface area (Å²) in [5.74, 6) is 3.38. The fourth-order valence-electron chi connectivity index (χ4n) is 3.97. The Morgan fingerprint density at radius 3 is 3.04 bits per heavy atom. The maximum absolute atomic E-state index is 5.98. The van der Waals surface area contributed by atoms with Gasteiger partial charge in [0.2, 0.25) is 0 Å². The number of rotatable bonds is 3. The zero-order valence-corrected chi connectivity index (χ0v) is 14.8. The van der Waals surface area contributed by atoms with Gasteiger partial charge in [-0.3, -0.25) is 10.00 Å². The summed E-state index contributed by atoms with van der Waals surface area (Å²) in [6.07, 6.45) is 3.38. The fourth-order valence-corrected chi connectivity index (χ4v) is 3.97. The van der Waals surface area contributed by atoms with Crippen molar-refractivity contribution >= 4 is 0 Å². The van der Waals surface area contributed by atoms with Crippen LogP contribution in [-0.2, 0) is 13.0 Å². The third-order valence-electron chi connectivity index (χ3n) is 5.02. The van der Waals surface area contributed by atoms with Gasteiger partial charge in [0.1, 0.15) is 17.2 Å². The molecule has 24 heavy (non-hydrogen) atoms. The van der Waals surface area contributed by atoms with Crippen LogP contribution in [-0.4, -0.2) is 38.8 Å². The van der Waals surface area contributed by atoms with Crippen LogP contribution in [0.25, 0.3) is 0 Å². The third-order valence-corrected chi connectivity index (χ3v) is 5.02. The molecule has 0 aliphatic carbocycles. The molecular formula is C19H26N4O. The molecule has 0 saturated carbocycles. The average Bonchev–Trinajstić information content (AvgIpc) is 3.09. The van der Waals surface area contributed by atoms with Crippen molar-refractivity contribution in [3.05, 3.63) is 41.0 Å². The number of piperidine rings is 1. The number of nitrogens with zero attached hydrogens (tertiary/aromatic N) is 3. The maximum Gasteiger partial charge on any atom is 0.155 e. The summed E-state index contributed by atoms with van der Waals surface area (Å²) in [6.45, 7) is 9.45. The van der Waals surface area contributed by atoms with Crippen molar-refractivity contribution in [2.45, 2.75) is 58.1 Å². The van der Waals surface area contributed by atoms with Crippen LogP contribution in [0.2, 0.25) is 0 Å². The van der Waals surface area contributed by atoms with Gasteiger partial charge in [0, 0.05) is 25.4 Å². The summed E-state index contributed by atoms with van der Waals surface area (Å²) in [5, 5.41) is 7.34. The van der Waals surface area contributed by atoms with Crippen molar-refractivity contribution in [3.63, 3.8) is 0 Å². The van der Waals surface area contributed by atoms with Gasteiger partial charge in [-0.15, -0.1) is 0 Å². The smallest absolute Gasteiger partial charge is 0.155 e. The highest BCUT2D eigenvalue weighted by Gasteiger charge is 2.30. The van der Waals surface area contributed by atoms with E-state index in [1.54, 1.807) is 0 Å². The minimum absolute atomic E-state index is 0.0688. The van der Waals surface area contributed by atoms with Crippen molar-refractivity contribution in [2.75, 3.05) is 13.1 Å². The summed E-state index contributed by atoms with van der Waals surface area (Å²) in [6, 6.07) is 6.67. The Kier molecular flexibility index (Phi) is 3.83. The lowest BCUT2D eigenvalue weighted by molar-refractivity contribution is 0.138. The van der Waals surface area contributed by atoms with Crippen molar-refractivity contribution in [2.24, 2.45) is 0 Å². The number of aromatic amines is 1. The van der Waals surface area contributed by atoms with Crippen molar-refractivity contribution < 1.29 is 4.74 Å².